The van der Waals surface area contributed by atoms with E-state index in [4.69, 9.17) is 11.6 Å². The molecule has 0 saturated heterocycles. The number of rotatable bonds is 3. The Labute approximate surface area is 122 Å². The first-order chi connectivity index (χ1) is 9.66. The molecule has 1 aliphatic carbocycles. The third kappa shape index (κ3) is 2.76. The monoisotopic (exact) mass is 289 g/mol. The Morgan fingerprint density at radius 1 is 1.35 bits per heavy atom. The molecule has 20 heavy (non-hydrogen) atoms. The zero-order chi connectivity index (χ0) is 14.0. The number of hydrogen-bond acceptors (Lipinski definition) is 3. The van der Waals surface area contributed by atoms with Gasteiger partial charge < -0.3 is 5.11 Å². The van der Waals surface area contributed by atoms with Gasteiger partial charge in [0.15, 0.2) is 0 Å². The van der Waals surface area contributed by atoms with Crippen molar-refractivity contribution in [1.29, 1.82) is 0 Å². The van der Waals surface area contributed by atoms with Crippen LogP contribution in [0.4, 0.5) is 0 Å². The molecule has 0 amide bonds. The van der Waals surface area contributed by atoms with E-state index in [1.165, 1.54) is 6.33 Å². The molecule has 1 unspecified atom stereocenters. The molecule has 1 N–H and O–H groups in total. The lowest BCUT2D eigenvalue weighted by atomic mass is 9.95. The molecule has 0 spiro atoms. The van der Waals surface area contributed by atoms with E-state index in [2.05, 4.69) is 16.2 Å². The van der Waals surface area contributed by atoms with E-state index in [1.54, 1.807) is 11.0 Å². The van der Waals surface area contributed by atoms with E-state index in [0.717, 1.165) is 35.4 Å². The van der Waals surface area contributed by atoms with Gasteiger partial charge in [0.25, 0.3) is 0 Å². The number of aromatic nitrogens is 3. The summed E-state index contributed by atoms with van der Waals surface area (Å²) in [6.45, 7) is 0.451. The van der Waals surface area contributed by atoms with Gasteiger partial charge in [0.05, 0.1) is 6.54 Å². The summed E-state index contributed by atoms with van der Waals surface area (Å²) in [7, 11) is 0. The molecule has 1 atom stereocenters. The van der Waals surface area contributed by atoms with Crippen molar-refractivity contribution in [2.45, 2.75) is 31.4 Å². The topological polar surface area (TPSA) is 50.9 Å². The van der Waals surface area contributed by atoms with Crippen molar-refractivity contribution < 1.29 is 5.11 Å². The number of nitrogens with zero attached hydrogens (tertiary/aromatic N) is 3. The smallest absolute Gasteiger partial charge is 0.137 e. The van der Waals surface area contributed by atoms with Crippen molar-refractivity contribution in [2.75, 3.05) is 0 Å². The Hall–Kier alpha value is -1.65. The van der Waals surface area contributed by atoms with Crippen LogP contribution in [-0.2, 0) is 6.54 Å². The minimum atomic E-state index is -0.826. The van der Waals surface area contributed by atoms with Gasteiger partial charge >= 0.3 is 0 Å². The minimum absolute atomic E-state index is 0.451. The molecule has 0 bridgehead atoms. The maximum atomic E-state index is 10.9. The zero-order valence-corrected chi connectivity index (χ0v) is 11.8. The SMILES string of the molecule is OC1(Cn2cncn2)CCCC1=Cc1ccc(Cl)cc1. The second kappa shape index (κ2) is 5.38. The second-order valence-corrected chi connectivity index (χ2v) is 5.64. The van der Waals surface area contributed by atoms with Gasteiger partial charge in [-0.05, 0) is 42.5 Å². The second-order valence-electron chi connectivity index (χ2n) is 5.20. The Kier molecular flexibility index (Phi) is 3.59. The van der Waals surface area contributed by atoms with Crippen LogP contribution in [0.5, 0.6) is 0 Å². The highest BCUT2D eigenvalue weighted by atomic mass is 35.5. The molecule has 104 valence electrons. The molecule has 1 aliphatic rings. The summed E-state index contributed by atoms with van der Waals surface area (Å²) in [6, 6.07) is 7.64. The molecule has 1 saturated carbocycles. The molecule has 3 rings (SSSR count). The van der Waals surface area contributed by atoms with Crippen molar-refractivity contribution in [3.8, 4) is 0 Å². The number of hydrogen-bond donors (Lipinski definition) is 1. The fourth-order valence-corrected chi connectivity index (χ4v) is 2.82. The largest absolute Gasteiger partial charge is 0.384 e. The highest BCUT2D eigenvalue weighted by molar-refractivity contribution is 6.30. The van der Waals surface area contributed by atoms with E-state index >= 15 is 0 Å². The highest BCUT2D eigenvalue weighted by Gasteiger charge is 2.36. The van der Waals surface area contributed by atoms with Crippen LogP contribution in [0.1, 0.15) is 24.8 Å². The van der Waals surface area contributed by atoms with E-state index in [0.29, 0.717) is 6.54 Å². The van der Waals surface area contributed by atoms with E-state index in [1.807, 2.05) is 24.3 Å². The summed E-state index contributed by atoms with van der Waals surface area (Å²) in [5.41, 5.74) is 1.28. The van der Waals surface area contributed by atoms with Crippen molar-refractivity contribution in [3.05, 3.63) is 53.1 Å². The Bertz CT molecular complexity index is 607. The molecule has 1 fully saturated rings. The van der Waals surface area contributed by atoms with Crippen LogP contribution in [0, 0.1) is 0 Å². The van der Waals surface area contributed by atoms with Crippen LogP contribution in [0.15, 0.2) is 42.5 Å². The van der Waals surface area contributed by atoms with Crippen molar-refractivity contribution in [3.63, 3.8) is 0 Å². The van der Waals surface area contributed by atoms with Crippen LogP contribution >= 0.6 is 11.6 Å². The summed E-state index contributed by atoms with van der Waals surface area (Å²) in [5, 5.41) is 15.7. The van der Waals surface area contributed by atoms with Gasteiger partial charge in [-0.2, -0.15) is 5.10 Å². The minimum Gasteiger partial charge on any atom is -0.384 e. The Morgan fingerprint density at radius 2 is 2.15 bits per heavy atom. The molecular weight excluding hydrogens is 274 g/mol. The maximum Gasteiger partial charge on any atom is 0.137 e. The summed E-state index contributed by atoms with van der Waals surface area (Å²) in [6.07, 6.45) is 7.84. The zero-order valence-electron chi connectivity index (χ0n) is 11.0. The maximum absolute atomic E-state index is 10.9. The van der Waals surface area contributed by atoms with Crippen molar-refractivity contribution in [1.82, 2.24) is 14.8 Å². The van der Waals surface area contributed by atoms with Crippen LogP contribution in [0.3, 0.4) is 0 Å². The third-order valence-electron chi connectivity index (χ3n) is 3.74. The molecule has 1 aromatic carbocycles. The van der Waals surface area contributed by atoms with Crippen LogP contribution in [0.25, 0.3) is 6.08 Å². The van der Waals surface area contributed by atoms with Gasteiger partial charge in [-0.1, -0.05) is 29.8 Å². The van der Waals surface area contributed by atoms with Gasteiger partial charge in [0.2, 0.25) is 0 Å². The molecule has 1 heterocycles. The molecule has 0 aliphatic heterocycles. The lowest BCUT2D eigenvalue weighted by Crippen LogP contribution is -2.32. The standard InChI is InChI=1S/C15H16ClN3O/c16-14-5-3-12(4-6-14)8-13-2-1-7-15(13,20)9-19-11-17-10-18-19/h3-6,8,10-11,20H,1-2,7,9H2. The normalized spacial score (nSPS) is 24.4. The van der Waals surface area contributed by atoms with Gasteiger partial charge in [-0.3, -0.25) is 0 Å². The van der Waals surface area contributed by atoms with E-state index in [-0.39, 0.29) is 0 Å². The summed E-state index contributed by atoms with van der Waals surface area (Å²) in [5.74, 6) is 0. The number of aliphatic hydroxyl groups is 1. The third-order valence-corrected chi connectivity index (χ3v) is 3.99. The lowest BCUT2D eigenvalue weighted by molar-refractivity contribution is 0.0632. The average molecular weight is 290 g/mol. The summed E-state index contributed by atoms with van der Waals surface area (Å²) in [4.78, 5) is 3.92. The summed E-state index contributed by atoms with van der Waals surface area (Å²) < 4.78 is 1.68. The Morgan fingerprint density at radius 3 is 2.85 bits per heavy atom. The first-order valence-electron chi connectivity index (χ1n) is 6.67. The molecular formula is C15H16ClN3O. The highest BCUT2D eigenvalue weighted by Crippen LogP contribution is 2.37. The fraction of sp³-hybridized carbons (Fsp3) is 0.333. The predicted octanol–water partition coefficient (Wildman–Crippen LogP) is 2.93. The first-order valence-corrected chi connectivity index (χ1v) is 7.05. The average Bonchev–Trinajstić information content (AvgIpc) is 3.04. The van der Waals surface area contributed by atoms with Gasteiger partial charge in [-0.15, -0.1) is 0 Å². The molecule has 0 radical (unpaired) electrons. The van der Waals surface area contributed by atoms with Crippen molar-refractivity contribution in [2.24, 2.45) is 0 Å². The summed E-state index contributed by atoms with van der Waals surface area (Å²) >= 11 is 5.89. The predicted molar refractivity (Wildman–Crippen MR) is 78.3 cm³/mol. The van der Waals surface area contributed by atoms with Crippen LogP contribution in [0.2, 0.25) is 5.02 Å². The molecule has 5 heteroatoms. The van der Waals surface area contributed by atoms with Gasteiger partial charge in [0, 0.05) is 5.02 Å². The van der Waals surface area contributed by atoms with Gasteiger partial charge in [-0.25, -0.2) is 9.67 Å². The van der Waals surface area contributed by atoms with Crippen LogP contribution < -0.4 is 0 Å². The van der Waals surface area contributed by atoms with Crippen LogP contribution in [-0.4, -0.2) is 25.5 Å². The van der Waals surface area contributed by atoms with E-state index < -0.39 is 5.60 Å². The fourth-order valence-electron chi connectivity index (χ4n) is 2.69. The Balaban J connectivity index is 1.85. The molecule has 4 nitrogen and oxygen atoms in total. The lowest BCUT2D eigenvalue weighted by Gasteiger charge is -2.24. The quantitative estimate of drug-likeness (QED) is 0.945. The van der Waals surface area contributed by atoms with Crippen molar-refractivity contribution >= 4 is 17.7 Å². The number of benzene rings is 1. The van der Waals surface area contributed by atoms with E-state index in [9.17, 15) is 5.11 Å². The molecule has 2 aromatic rings. The number of halogens is 1. The molecule has 1 aromatic heterocycles. The van der Waals surface area contributed by atoms with Gasteiger partial charge in [0.1, 0.15) is 18.3 Å². The first kappa shape index (κ1) is 13.3.